The van der Waals surface area contributed by atoms with Crippen LogP contribution >= 0.6 is 0 Å². The Hall–Kier alpha value is -0.280. The summed E-state index contributed by atoms with van der Waals surface area (Å²) in [4.78, 5) is 12.3. The van der Waals surface area contributed by atoms with Crippen LogP contribution in [0.1, 0.15) is 60.8 Å². The van der Waals surface area contributed by atoms with Crippen LogP contribution < -0.4 is 0 Å². The molecule has 1 aromatic rings. The van der Waals surface area contributed by atoms with Crippen molar-refractivity contribution in [1.82, 2.24) is 0 Å². The van der Waals surface area contributed by atoms with Crippen molar-refractivity contribution < 1.29 is 27.1 Å². The molecule has 1 unspecified atom stereocenters. The van der Waals surface area contributed by atoms with Crippen molar-refractivity contribution in [3.63, 3.8) is 0 Å². The van der Waals surface area contributed by atoms with Gasteiger partial charge in [-0.3, -0.25) is 9.35 Å². The second-order valence-electron chi connectivity index (χ2n) is 7.84. The summed E-state index contributed by atoms with van der Waals surface area (Å²) >= 11 is 0. The minimum atomic E-state index is -4.72. The molecule has 26 heavy (non-hydrogen) atoms. The zero-order valence-corrected chi connectivity index (χ0v) is 14.9. The molecular formula is C18H23NaO6S. The van der Waals surface area contributed by atoms with Crippen molar-refractivity contribution in [2.45, 2.75) is 63.6 Å². The fourth-order valence-corrected chi connectivity index (χ4v) is 5.64. The van der Waals surface area contributed by atoms with Crippen LogP contribution in [0.5, 0.6) is 0 Å². The Morgan fingerprint density at radius 1 is 1.15 bits per heavy atom. The molecule has 3 aliphatic carbocycles. The molecule has 0 aliphatic heterocycles. The molecule has 0 amide bonds. The van der Waals surface area contributed by atoms with E-state index in [1.54, 1.807) is 0 Å². The van der Waals surface area contributed by atoms with E-state index in [4.69, 9.17) is 4.55 Å². The molecule has 0 spiro atoms. The van der Waals surface area contributed by atoms with E-state index in [-0.39, 0.29) is 53.7 Å². The summed E-state index contributed by atoms with van der Waals surface area (Å²) in [7, 11) is -4.72. The quantitative estimate of drug-likeness (QED) is 0.450. The van der Waals surface area contributed by atoms with Crippen LogP contribution in [-0.4, -0.2) is 59.2 Å². The molecule has 2 N–H and O–H groups in total. The van der Waals surface area contributed by atoms with Gasteiger partial charge in [-0.1, -0.05) is 19.1 Å². The molecule has 1 saturated carbocycles. The number of aliphatic hydroxyl groups is 1. The first-order valence-electron chi connectivity index (χ1n) is 8.69. The van der Waals surface area contributed by atoms with Crippen LogP contribution in [0.3, 0.4) is 0 Å². The first-order valence-corrected chi connectivity index (χ1v) is 10.1. The second-order valence-corrected chi connectivity index (χ2v) is 8.86. The SMILES string of the molecule is C[C@]12CCc3c(ccc4c3CC[C@@](O)(OS(=O)(=O)O)C4)C1CCC2=O.[NaH]. The molecule has 8 heteroatoms. The predicted octanol–water partition coefficient (Wildman–Crippen LogP) is 1.43. The zero-order chi connectivity index (χ0) is 18.0. The molecule has 0 radical (unpaired) electrons. The van der Waals surface area contributed by atoms with E-state index in [0.717, 1.165) is 30.4 Å². The summed E-state index contributed by atoms with van der Waals surface area (Å²) in [5.41, 5.74) is 4.22. The Balaban J connectivity index is 0.00000196. The van der Waals surface area contributed by atoms with Crippen LogP contribution in [-0.2, 0) is 38.6 Å². The predicted molar refractivity (Wildman–Crippen MR) is 96.6 cm³/mol. The van der Waals surface area contributed by atoms with E-state index in [9.17, 15) is 18.3 Å². The van der Waals surface area contributed by atoms with Gasteiger partial charge in [-0.15, -0.1) is 0 Å². The number of fused-ring (bicyclic) bond motifs is 5. The summed E-state index contributed by atoms with van der Waals surface area (Å²) in [6.45, 7) is 2.08. The van der Waals surface area contributed by atoms with E-state index in [0.29, 0.717) is 18.6 Å². The summed E-state index contributed by atoms with van der Waals surface area (Å²) in [6, 6.07) is 3.92. The van der Waals surface area contributed by atoms with E-state index < -0.39 is 16.2 Å². The van der Waals surface area contributed by atoms with Crippen molar-refractivity contribution >= 4 is 45.7 Å². The molecule has 4 rings (SSSR count). The van der Waals surface area contributed by atoms with Crippen LogP contribution in [0, 0.1) is 5.41 Å². The topological polar surface area (TPSA) is 101 Å². The number of carbonyl (C=O) groups is 1. The maximum atomic E-state index is 12.3. The Labute approximate surface area is 175 Å². The fourth-order valence-electron chi connectivity index (χ4n) is 5.10. The van der Waals surface area contributed by atoms with Gasteiger partial charge in [0.15, 0.2) is 5.79 Å². The number of Topliss-reactive ketones (excluding diaryl/α,β-unsaturated/α-hetero) is 1. The van der Waals surface area contributed by atoms with Gasteiger partial charge in [0.05, 0.1) is 0 Å². The van der Waals surface area contributed by atoms with E-state index in [2.05, 4.69) is 11.1 Å². The standard InChI is InChI=1S/C18H22O6S.Na.H/c1-17-8-6-13-12-7-9-18(20,24-25(21,22)23)10-11(12)2-3-14(13)15(17)4-5-16(17)19;;/h2-3,15,20H,4-10H2,1H3,(H,21,22,23);;/t15?,17-,18+;;/m0../s1. The van der Waals surface area contributed by atoms with Gasteiger partial charge in [0.2, 0.25) is 0 Å². The van der Waals surface area contributed by atoms with Gasteiger partial charge in [0, 0.05) is 24.7 Å². The summed E-state index contributed by atoms with van der Waals surface area (Å²) in [5.74, 6) is -1.29. The minimum absolute atomic E-state index is 0. The van der Waals surface area contributed by atoms with Crippen molar-refractivity contribution in [2.75, 3.05) is 0 Å². The molecule has 0 bridgehead atoms. The van der Waals surface area contributed by atoms with Gasteiger partial charge in [-0.05, 0) is 53.9 Å². The van der Waals surface area contributed by atoms with Crippen LogP contribution in [0.25, 0.3) is 0 Å². The van der Waals surface area contributed by atoms with Crippen molar-refractivity contribution in [3.05, 3.63) is 34.4 Å². The third-order valence-corrected chi connectivity index (χ3v) is 6.91. The molecule has 0 heterocycles. The number of hydrogen-bond donors (Lipinski definition) is 2. The maximum absolute atomic E-state index is 12.3. The van der Waals surface area contributed by atoms with Gasteiger partial charge in [0.1, 0.15) is 5.78 Å². The number of hydrogen-bond acceptors (Lipinski definition) is 5. The Morgan fingerprint density at radius 3 is 2.54 bits per heavy atom. The third kappa shape index (κ3) is 3.32. The average Bonchev–Trinajstić information content (AvgIpc) is 2.80. The van der Waals surface area contributed by atoms with Gasteiger partial charge >= 0.3 is 40.0 Å². The summed E-state index contributed by atoms with van der Waals surface area (Å²) < 4.78 is 35.4. The number of rotatable bonds is 2. The molecule has 0 saturated heterocycles. The molecule has 0 aromatic heterocycles. The van der Waals surface area contributed by atoms with E-state index >= 15 is 0 Å². The number of carbonyl (C=O) groups excluding carboxylic acids is 1. The molecule has 3 atom stereocenters. The summed E-state index contributed by atoms with van der Waals surface area (Å²) in [5, 5.41) is 10.4. The van der Waals surface area contributed by atoms with Crippen LogP contribution in [0.4, 0.5) is 0 Å². The molecule has 1 aromatic carbocycles. The Morgan fingerprint density at radius 2 is 1.85 bits per heavy atom. The molecule has 1 fully saturated rings. The van der Waals surface area contributed by atoms with Gasteiger partial charge in [-0.25, -0.2) is 4.18 Å². The van der Waals surface area contributed by atoms with E-state index in [1.807, 2.05) is 12.1 Å². The number of ketones is 1. The normalized spacial score (nSPS) is 33.0. The third-order valence-electron chi connectivity index (χ3n) is 6.39. The number of benzene rings is 1. The monoisotopic (exact) mass is 390 g/mol. The molecular weight excluding hydrogens is 367 g/mol. The first kappa shape index (κ1) is 20.5. The molecule has 138 valence electrons. The van der Waals surface area contributed by atoms with Gasteiger partial charge in [-0.2, -0.15) is 8.42 Å². The van der Waals surface area contributed by atoms with Gasteiger partial charge in [0.25, 0.3) is 0 Å². The van der Waals surface area contributed by atoms with E-state index in [1.165, 1.54) is 11.1 Å². The summed E-state index contributed by atoms with van der Waals surface area (Å²) in [6.07, 6.45) is 3.81. The van der Waals surface area contributed by atoms with Crippen molar-refractivity contribution in [1.29, 1.82) is 0 Å². The Bertz CT molecular complexity index is 867. The van der Waals surface area contributed by atoms with Crippen molar-refractivity contribution in [3.8, 4) is 0 Å². The van der Waals surface area contributed by atoms with Crippen LogP contribution in [0.2, 0.25) is 0 Å². The second kappa shape index (κ2) is 6.65. The molecule has 6 nitrogen and oxygen atoms in total. The van der Waals surface area contributed by atoms with Crippen LogP contribution in [0.15, 0.2) is 12.1 Å². The zero-order valence-electron chi connectivity index (χ0n) is 14.1. The van der Waals surface area contributed by atoms with Gasteiger partial charge < -0.3 is 5.11 Å². The fraction of sp³-hybridized carbons (Fsp3) is 0.611. The molecule has 3 aliphatic rings. The Kier molecular flexibility index (Phi) is 5.23. The van der Waals surface area contributed by atoms with Crippen molar-refractivity contribution in [2.24, 2.45) is 5.41 Å². The first-order chi connectivity index (χ1) is 11.6. The average molecular weight is 390 g/mol.